The van der Waals surface area contributed by atoms with E-state index < -0.39 is 70.1 Å². The Morgan fingerprint density at radius 2 is 1.64 bits per heavy atom. The molecule has 0 bridgehead atoms. The third-order valence-corrected chi connectivity index (χ3v) is 12.4. The Morgan fingerprint density at radius 3 is 2.26 bits per heavy atom. The molecule has 0 aliphatic carbocycles. The second-order valence-corrected chi connectivity index (χ2v) is 16.8. The number of rotatable bonds is 5. The minimum Gasteiger partial charge on any atom is -0.744 e. The lowest BCUT2D eigenvalue weighted by Gasteiger charge is -2.29. The fourth-order valence-electron chi connectivity index (χ4n) is 7.06. The van der Waals surface area contributed by atoms with Gasteiger partial charge in [0.25, 0.3) is 11.8 Å². The first-order valence-electron chi connectivity index (χ1n) is 15.8. The van der Waals surface area contributed by atoms with Crippen molar-refractivity contribution >= 4 is 49.3 Å². The first-order chi connectivity index (χ1) is 23.1. The van der Waals surface area contributed by atoms with Gasteiger partial charge in [-0.15, -0.1) is 5.06 Å². The van der Waals surface area contributed by atoms with Gasteiger partial charge in [-0.25, -0.2) is 18.2 Å². The average molecular weight is 724 g/mol. The molecule has 4 aliphatic rings. The van der Waals surface area contributed by atoms with Crippen molar-refractivity contribution in [3.63, 3.8) is 0 Å². The number of hydroxylamine groups is 2. The molecule has 3 N–H and O–H groups in total. The van der Waals surface area contributed by atoms with Crippen LogP contribution >= 0.6 is 0 Å². The lowest BCUT2D eigenvalue weighted by atomic mass is 9.78. The van der Waals surface area contributed by atoms with E-state index in [0.717, 1.165) is 0 Å². The van der Waals surface area contributed by atoms with Crippen LogP contribution in [0.5, 0.6) is 11.5 Å². The minimum absolute atomic E-state index is 0.0128. The molecule has 2 unspecified atom stereocenters. The van der Waals surface area contributed by atoms with Gasteiger partial charge in [-0.2, -0.15) is 8.42 Å². The van der Waals surface area contributed by atoms with Crippen molar-refractivity contribution in [2.45, 2.75) is 87.1 Å². The summed E-state index contributed by atoms with van der Waals surface area (Å²) in [6.45, 7) is 11.2. The second-order valence-electron chi connectivity index (χ2n) is 14.1. The van der Waals surface area contributed by atoms with Crippen molar-refractivity contribution < 1.29 is 54.9 Å². The number of fused-ring (bicyclic) bond motifs is 4. The van der Waals surface area contributed by atoms with Crippen molar-refractivity contribution in [2.24, 2.45) is 0 Å². The van der Waals surface area contributed by atoms with Gasteiger partial charge in [0.15, 0.2) is 17.5 Å². The van der Waals surface area contributed by atoms with Crippen molar-refractivity contribution in [2.75, 3.05) is 5.32 Å². The Labute approximate surface area is 287 Å². The number of nitrogens with zero attached hydrogens (tertiary/aromatic N) is 1. The molecule has 0 saturated carbocycles. The summed E-state index contributed by atoms with van der Waals surface area (Å²) < 4.78 is 82.6. The zero-order valence-electron chi connectivity index (χ0n) is 27.8. The molecule has 0 radical (unpaired) electrons. The van der Waals surface area contributed by atoms with Crippen LogP contribution in [0.4, 0.5) is 5.69 Å². The van der Waals surface area contributed by atoms with Crippen LogP contribution in [-0.2, 0) is 45.5 Å². The van der Waals surface area contributed by atoms with Crippen LogP contribution < -0.4 is 25.6 Å². The number of carbonyl (C=O) groups is 3. The summed E-state index contributed by atoms with van der Waals surface area (Å²) in [5.74, 6) is -3.28. The van der Waals surface area contributed by atoms with Crippen LogP contribution in [-0.4, -0.2) is 60.9 Å². The standard InChI is InChI=1S/C34H33N3O11S2/c1-15-33(3,4)21-13-19-25(17-8-7-9-18(12-17)32(40)48-37-23(38)10-11-24(37)39)20-14-22-27(36-16(2)34(22,5)6)31(50(44,45)46)29(20)47-28(19)30(26(21)35-15)49(41,42)43/h7-9,12-16,35H,10-11H2,1-6H3,(H,41,42,43)(H,44,45,46). The van der Waals surface area contributed by atoms with E-state index in [4.69, 9.17) is 9.57 Å². The maximum Gasteiger partial charge on any atom is 0.363 e. The summed E-state index contributed by atoms with van der Waals surface area (Å²) in [7, 11) is -10.4. The molecule has 2 amide bonds. The summed E-state index contributed by atoms with van der Waals surface area (Å²) in [6.07, 6.45) is -0.220. The molecule has 4 heterocycles. The van der Waals surface area contributed by atoms with E-state index in [1.54, 1.807) is 18.2 Å². The number of nitrogens with one attached hydrogen (secondary N) is 2. The molecule has 2 atom stereocenters. The Hall–Kier alpha value is -4.64. The van der Waals surface area contributed by atoms with E-state index in [0.29, 0.717) is 16.2 Å². The molecule has 262 valence electrons. The third kappa shape index (κ3) is 4.87. The molecule has 0 spiro atoms. The van der Waals surface area contributed by atoms with Gasteiger partial charge >= 0.3 is 16.1 Å². The summed E-state index contributed by atoms with van der Waals surface area (Å²) >= 11 is 0. The van der Waals surface area contributed by atoms with Gasteiger partial charge in [-0.1, -0.05) is 26.0 Å². The highest BCUT2D eigenvalue weighted by Gasteiger charge is 2.47. The van der Waals surface area contributed by atoms with Crippen molar-refractivity contribution in [3.8, 4) is 11.5 Å². The van der Waals surface area contributed by atoms with Gasteiger partial charge < -0.3 is 19.4 Å². The molecular weight excluding hydrogens is 691 g/mol. The van der Waals surface area contributed by atoms with Crippen LogP contribution in [0.2, 0.25) is 0 Å². The molecule has 50 heavy (non-hydrogen) atoms. The zero-order valence-corrected chi connectivity index (χ0v) is 29.5. The quantitative estimate of drug-likeness (QED) is 0.194. The van der Waals surface area contributed by atoms with Crippen LogP contribution in [0.1, 0.15) is 87.0 Å². The molecule has 7 rings (SSSR count). The van der Waals surface area contributed by atoms with Gasteiger partial charge in [0, 0.05) is 46.2 Å². The molecule has 16 heteroatoms. The van der Waals surface area contributed by atoms with Gasteiger partial charge in [-0.3, -0.25) is 14.1 Å². The average Bonchev–Trinajstić information content (AvgIpc) is 3.53. The Kier molecular flexibility index (Phi) is 7.23. The number of hydrogen-bond acceptors (Lipinski definition) is 11. The number of anilines is 1. The molecular formula is C34H33N3O11S2. The van der Waals surface area contributed by atoms with Crippen LogP contribution in [0, 0.1) is 0 Å². The predicted molar refractivity (Wildman–Crippen MR) is 173 cm³/mol. The highest BCUT2D eigenvalue weighted by atomic mass is 32.2. The third-order valence-electron chi connectivity index (χ3n) is 10.6. The van der Waals surface area contributed by atoms with E-state index in [1.165, 1.54) is 18.2 Å². The van der Waals surface area contributed by atoms with E-state index in [9.17, 15) is 40.3 Å². The number of carbonyl (C=O) groups excluding carboxylic acids is 3. The normalized spacial score (nSPS) is 21.4. The number of benzene rings is 3. The lowest BCUT2D eigenvalue weighted by molar-refractivity contribution is -0.539. The van der Waals surface area contributed by atoms with Gasteiger partial charge in [0.2, 0.25) is 10.3 Å². The zero-order chi connectivity index (χ0) is 36.5. The topological polar surface area (TPSA) is 210 Å². The van der Waals surface area contributed by atoms with Crippen LogP contribution in [0.3, 0.4) is 0 Å². The van der Waals surface area contributed by atoms with Gasteiger partial charge in [-0.05, 0) is 63.1 Å². The number of hydrogen-bond donors (Lipinski definition) is 3. The number of amides is 2. The van der Waals surface area contributed by atoms with E-state index in [-0.39, 0.29) is 63.5 Å². The molecule has 1 saturated heterocycles. The van der Waals surface area contributed by atoms with Crippen molar-refractivity contribution in [1.82, 2.24) is 5.06 Å². The second kappa shape index (κ2) is 10.7. The largest absolute Gasteiger partial charge is 0.744 e. The highest BCUT2D eigenvalue weighted by Crippen LogP contribution is 2.52. The monoisotopic (exact) mass is 723 g/mol. The summed E-state index contributed by atoms with van der Waals surface area (Å²) in [4.78, 5) is 44.5. The lowest BCUT2D eigenvalue weighted by Crippen LogP contribution is -2.81. The van der Waals surface area contributed by atoms with Crippen LogP contribution in [0.15, 0.2) is 46.2 Å². The van der Waals surface area contributed by atoms with E-state index >= 15 is 0 Å². The SMILES string of the molecule is CC1Nc2c(cc3c(c2S(=O)(=O)[O-])Oc2c(S(=O)(=O)O)c4c(cc2=C3c2cccc(C(=O)ON3C(=O)CCC3=O)c2)C(C)(C)C(C)[NH+]=4)C1(C)C. The molecule has 14 nitrogen and oxygen atoms in total. The number of imide groups is 1. The van der Waals surface area contributed by atoms with E-state index in [2.05, 4.69) is 10.3 Å². The molecule has 1 fully saturated rings. The fraction of sp³-hybridized carbons (Fsp3) is 0.353. The molecule has 4 aliphatic heterocycles. The summed E-state index contributed by atoms with van der Waals surface area (Å²) in [5.41, 5.74) is 0.0718. The summed E-state index contributed by atoms with van der Waals surface area (Å²) in [5, 5.41) is 3.69. The maximum atomic E-state index is 13.3. The Bertz CT molecular complexity index is 2460. The molecule has 3 aromatic rings. The molecule has 3 aromatic carbocycles. The summed E-state index contributed by atoms with van der Waals surface area (Å²) in [6, 6.07) is 8.51. The highest BCUT2D eigenvalue weighted by molar-refractivity contribution is 7.86. The van der Waals surface area contributed by atoms with Gasteiger partial charge in [0.1, 0.15) is 15.0 Å². The minimum atomic E-state index is -5.31. The first-order valence-corrected chi connectivity index (χ1v) is 18.6. The van der Waals surface area contributed by atoms with Crippen molar-refractivity contribution in [3.05, 3.63) is 74.8 Å². The molecule has 0 aromatic heterocycles. The van der Waals surface area contributed by atoms with Crippen molar-refractivity contribution in [1.29, 1.82) is 0 Å². The van der Waals surface area contributed by atoms with E-state index in [1.807, 2.05) is 41.5 Å². The Morgan fingerprint density at radius 1 is 0.980 bits per heavy atom. The number of ether oxygens (including phenoxy) is 1. The first kappa shape index (κ1) is 33.8. The van der Waals surface area contributed by atoms with Crippen LogP contribution in [0.25, 0.3) is 5.57 Å². The fourth-order valence-corrected chi connectivity index (χ4v) is 8.67. The van der Waals surface area contributed by atoms with Gasteiger partial charge in [0.05, 0.1) is 16.7 Å². The Balaban J connectivity index is 1.61. The smallest absolute Gasteiger partial charge is 0.363 e. The predicted octanol–water partition coefficient (Wildman–Crippen LogP) is 0.883. The maximum absolute atomic E-state index is 13.3.